The van der Waals surface area contributed by atoms with Crippen LogP contribution in [0.2, 0.25) is 0 Å². The minimum absolute atomic E-state index is 0.0996. The Kier molecular flexibility index (Phi) is 3.61. The molecule has 1 unspecified atom stereocenters. The van der Waals surface area contributed by atoms with Crippen LogP contribution in [0.5, 0.6) is 0 Å². The number of hydrogen-bond acceptors (Lipinski definition) is 2. The molecule has 0 aliphatic rings. The van der Waals surface area contributed by atoms with E-state index in [4.69, 9.17) is 0 Å². The normalized spacial score (nSPS) is 14.3. The summed E-state index contributed by atoms with van der Waals surface area (Å²) in [5.74, 6) is 0. The van der Waals surface area contributed by atoms with Gasteiger partial charge in [-0.15, -0.1) is 0 Å². The number of halogens is 1. The quantitative estimate of drug-likeness (QED) is 0.900. The fraction of sp³-hybridized carbons (Fsp3) is 0.727. The Balaban J connectivity index is 2.90. The molecule has 15 heavy (non-hydrogen) atoms. The maximum Gasteiger partial charge on any atom is 0.0738 e. The van der Waals surface area contributed by atoms with Crippen molar-refractivity contribution in [1.29, 1.82) is 0 Å². The molecule has 1 heterocycles. The van der Waals surface area contributed by atoms with Crippen LogP contribution in [-0.4, -0.2) is 21.0 Å². The predicted octanol–water partition coefficient (Wildman–Crippen LogP) is 2.44. The lowest BCUT2D eigenvalue weighted by Gasteiger charge is -2.25. The first-order valence-electron chi connectivity index (χ1n) is 5.09. The van der Waals surface area contributed by atoms with Crippen molar-refractivity contribution in [2.45, 2.75) is 40.2 Å². The molecule has 0 amide bonds. The maximum atomic E-state index is 10.0. The zero-order valence-corrected chi connectivity index (χ0v) is 11.6. The van der Waals surface area contributed by atoms with Gasteiger partial charge in [0.15, 0.2) is 0 Å². The second-order valence-corrected chi connectivity index (χ2v) is 5.85. The first-order chi connectivity index (χ1) is 6.73. The van der Waals surface area contributed by atoms with Crippen molar-refractivity contribution in [3.63, 3.8) is 0 Å². The van der Waals surface area contributed by atoms with Gasteiger partial charge in [0, 0.05) is 13.5 Å². The molecular weight excluding hydrogens is 256 g/mol. The minimum atomic E-state index is -0.358. The van der Waals surface area contributed by atoms with Gasteiger partial charge in [-0.05, 0) is 28.3 Å². The van der Waals surface area contributed by atoms with Crippen molar-refractivity contribution in [3.05, 3.63) is 15.9 Å². The summed E-state index contributed by atoms with van der Waals surface area (Å²) in [4.78, 5) is 0. The van der Waals surface area contributed by atoms with Gasteiger partial charge in [0.1, 0.15) is 0 Å². The summed E-state index contributed by atoms with van der Waals surface area (Å²) in [7, 11) is 1.91. The highest BCUT2D eigenvalue weighted by Gasteiger charge is 2.25. The average Bonchev–Trinajstić information content (AvgIpc) is 2.30. The molecule has 0 bridgehead atoms. The molecule has 0 aliphatic heterocycles. The highest BCUT2D eigenvalue weighted by atomic mass is 79.9. The fourth-order valence-corrected chi connectivity index (χ4v) is 1.89. The lowest BCUT2D eigenvalue weighted by Crippen LogP contribution is -2.29. The van der Waals surface area contributed by atoms with Crippen LogP contribution in [0.25, 0.3) is 0 Å². The van der Waals surface area contributed by atoms with Gasteiger partial charge in [-0.1, -0.05) is 20.8 Å². The number of nitrogens with zero attached hydrogens (tertiary/aromatic N) is 2. The molecule has 0 aliphatic carbocycles. The van der Waals surface area contributed by atoms with Crippen molar-refractivity contribution in [3.8, 4) is 0 Å². The van der Waals surface area contributed by atoms with Crippen LogP contribution in [0.4, 0.5) is 0 Å². The molecule has 0 saturated heterocycles. The second-order valence-electron chi connectivity index (χ2n) is 5.06. The van der Waals surface area contributed by atoms with Crippen LogP contribution < -0.4 is 0 Å². The van der Waals surface area contributed by atoms with E-state index in [1.54, 1.807) is 0 Å². The first kappa shape index (κ1) is 12.7. The largest absolute Gasteiger partial charge is 0.392 e. The van der Waals surface area contributed by atoms with E-state index in [2.05, 4.69) is 21.0 Å². The predicted molar refractivity (Wildman–Crippen MR) is 64.8 cm³/mol. The molecule has 1 rings (SSSR count). The van der Waals surface area contributed by atoms with Crippen LogP contribution >= 0.6 is 15.9 Å². The zero-order valence-electron chi connectivity index (χ0n) is 10.0. The number of aryl methyl sites for hydroxylation is 2. The Morgan fingerprint density at radius 2 is 2.00 bits per heavy atom. The summed E-state index contributed by atoms with van der Waals surface area (Å²) < 4.78 is 2.84. The number of aliphatic hydroxyl groups is 1. The Bertz CT molecular complexity index is 352. The topological polar surface area (TPSA) is 38.0 Å². The maximum absolute atomic E-state index is 10.0. The molecule has 1 atom stereocenters. The summed E-state index contributed by atoms with van der Waals surface area (Å²) in [6, 6.07) is 0. The molecule has 3 nitrogen and oxygen atoms in total. The van der Waals surface area contributed by atoms with Crippen LogP contribution in [-0.2, 0) is 13.5 Å². The number of aliphatic hydroxyl groups excluding tert-OH is 1. The smallest absolute Gasteiger partial charge is 0.0738 e. The van der Waals surface area contributed by atoms with Gasteiger partial charge < -0.3 is 5.11 Å². The van der Waals surface area contributed by atoms with Crippen molar-refractivity contribution >= 4 is 15.9 Å². The Morgan fingerprint density at radius 1 is 1.47 bits per heavy atom. The van der Waals surface area contributed by atoms with Crippen LogP contribution in [0, 0.1) is 12.3 Å². The van der Waals surface area contributed by atoms with Gasteiger partial charge in [0.25, 0.3) is 0 Å². The highest BCUT2D eigenvalue weighted by Crippen LogP contribution is 2.27. The molecule has 1 N–H and O–H groups in total. The average molecular weight is 275 g/mol. The van der Waals surface area contributed by atoms with E-state index >= 15 is 0 Å². The van der Waals surface area contributed by atoms with Gasteiger partial charge in [-0.3, -0.25) is 4.68 Å². The van der Waals surface area contributed by atoms with Crippen molar-refractivity contribution in [2.24, 2.45) is 12.5 Å². The molecule has 86 valence electrons. The molecule has 0 fully saturated rings. The van der Waals surface area contributed by atoms with Gasteiger partial charge in [-0.25, -0.2) is 0 Å². The zero-order chi connectivity index (χ0) is 11.8. The van der Waals surface area contributed by atoms with Gasteiger partial charge in [-0.2, -0.15) is 5.10 Å². The minimum Gasteiger partial charge on any atom is -0.392 e. The Labute approximate surface area is 99.6 Å². The van der Waals surface area contributed by atoms with E-state index in [0.717, 1.165) is 15.9 Å². The summed E-state index contributed by atoms with van der Waals surface area (Å²) in [6.45, 7) is 8.06. The second kappa shape index (κ2) is 4.26. The Morgan fingerprint density at radius 3 is 2.33 bits per heavy atom. The SMILES string of the molecule is Cc1nn(C)c(CC(O)C(C)(C)C)c1Br. The third-order valence-corrected chi connectivity index (χ3v) is 3.68. The number of rotatable bonds is 2. The van der Waals surface area contributed by atoms with Gasteiger partial charge in [0.2, 0.25) is 0 Å². The summed E-state index contributed by atoms with van der Waals surface area (Å²) in [5.41, 5.74) is 1.92. The molecule has 1 aromatic rings. The summed E-state index contributed by atoms with van der Waals surface area (Å²) in [5, 5.41) is 14.3. The summed E-state index contributed by atoms with van der Waals surface area (Å²) in [6.07, 6.45) is 0.269. The third-order valence-electron chi connectivity index (χ3n) is 2.65. The Hall–Kier alpha value is -0.350. The van der Waals surface area contributed by atoms with Crippen molar-refractivity contribution < 1.29 is 5.11 Å². The molecular formula is C11H19BrN2O. The highest BCUT2D eigenvalue weighted by molar-refractivity contribution is 9.10. The van der Waals surface area contributed by atoms with E-state index in [1.807, 2.05) is 39.4 Å². The molecule has 0 saturated carbocycles. The summed E-state index contributed by atoms with van der Waals surface area (Å²) >= 11 is 3.50. The lowest BCUT2D eigenvalue weighted by atomic mass is 9.86. The van der Waals surface area contributed by atoms with E-state index in [0.29, 0.717) is 6.42 Å². The molecule has 0 radical (unpaired) electrons. The van der Waals surface area contributed by atoms with Gasteiger partial charge in [0.05, 0.1) is 22.0 Å². The molecule has 4 heteroatoms. The van der Waals surface area contributed by atoms with Gasteiger partial charge >= 0.3 is 0 Å². The number of hydrogen-bond donors (Lipinski definition) is 1. The van der Waals surface area contributed by atoms with Crippen molar-refractivity contribution in [2.75, 3.05) is 0 Å². The van der Waals surface area contributed by atoms with Crippen LogP contribution in [0.3, 0.4) is 0 Å². The number of aromatic nitrogens is 2. The standard InChI is InChI=1S/C11H19BrN2O/c1-7-10(12)8(14(5)13-7)6-9(15)11(2,3)4/h9,15H,6H2,1-5H3. The third kappa shape index (κ3) is 2.82. The molecule has 0 aromatic carbocycles. The molecule has 0 spiro atoms. The molecule has 1 aromatic heterocycles. The van der Waals surface area contributed by atoms with Crippen LogP contribution in [0.1, 0.15) is 32.2 Å². The van der Waals surface area contributed by atoms with E-state index in [1.165, 1.54) is 0 Å². The van der Waals surface area contributed by atoms with Crippen molar-refractivity contribution in [1.82, 2.24) is 9.78 Å². The monoisotopic (exact) mass is 274 g/mol. The van der Waals surface area contributed by atoms with E-state index in [-0.39, 0.29) is 11.5 Å². The first-order valence-corrected chi connectivity index (χ1v) is 5.89. The van der Waals surface area contributed by atoms with E-state index < -0.39 is 0 Å². The fourth-order valence-electron chi connectivity index (χ4n) is 1.39. The lowest BCUT2D eigenvalue weighted by molar-refractivity contribution is 0.0618. The van der Waals surface area contributed by atoms with Crippen LogP contribution in [0.15, 0.2) is 4.47 Å². The van der Waals surface area contributed by atoms with E-state index in [9.17, 15) is 5.11 Å².